The second-order valence-electron chi connectivity index (χ2n) is 8.51. The Hall–Kier alpha value is -1.98. The monoisotopic (exact) mass is 537 g/mol. The van der Waals surface area contributed by atoms with Crippen LogP contribution in [0.15, 0.2) is 35.2 Å². The maximum absolute atomic E-state index is 13.1. The largest absolute Gasteiger partial charge is 0.379 e. The number of carbonyl (C=O) groups excluding carboxylic acids is 2. The van der Waals surface area contributed by atoms with E-state index in [1.54, 1.807) is 30.0 Å². The molecule has 2 amide bonds. The first-order chi connectivity index (χ1) is 17.4. The number of amides is 2. The molecule has 0 radical (unpaired) electrons. The Labute approximate surface area is 217 Å². The topological polar surface area (TPSA) is 99.2 Å². The lowest BCUT2D eigenvalue weighted by Crippen LogP contribution is -2.42. The van der Waals surface area contributed by atoms with E-state index in [2.05, 4.69) is 6.92 Å². The molecule has 0 atom stereocenters. The molecule has 1 aliphatic heterocycles. The highest BCUT2D eigenvalue weighted by atomic mass is 32.2. The van der Waals surface area contributed by atoms with Gasteiger partial charge in [0.25, 0.3) is 21.9 Å². The Morgan fingerprint density at radius 2 is 1.53 bits per heavy atom. The quantitative estimate of drug-likeness (QED) is 0.154. The molecule has 0 unspecified atom stereocenters. The third-order valence-corrected chi connectivity index (χ3v) is 8.03. The van der Waals surface area contributed by atoms with Crippen molar-refractivity contribution in [1.29, 1.82) is 0 Å². The molecule has 8 nitrogen and oxygen atoms in total. The van der Waals surface area contributed by atoms with Gasteiger partial charge in [0.15, 0.2) is 0 Å². The van der Waals surface area contributed by atoms with Crippen LogP contribution in [0.25, 0.3) is 10.8 Å². The van der Waals surface area contributed by atoms with Crippen molar-refractivity contribution in [2.45, 2.75) is 57.3 Å². The predicted octanol–water partition coefficient (Wildman–Crippen LogP) is 5.20. The third kappa shape index (κ3) is 7.52. The van der Waals surface area contributed by atoms with Gasteiger partial charge in [-0.3, -0.25) is 9.59 Å². The van der Waals surface area contributed by atoms with E-state index in [1.807, 2.05) is 19.1 Å². The van der Waals surface area contributed by atoms with Gasteiger partial charge in [0.05, 0.1) is 36.7 Å². The van der Waals surface area contributed by atoms with Crippen LogP contribution >= 0.6 is 11.8 Å². The molecular weight excluding hydrogens is 502 g/mol. The van der Waals surface area contributed by atoms with E-state index in [0.717, 1.165) is 42.4 Å². The number of benzene rings is 2. The van der Waals surface area contributed by atoms with Gasteiger partial charge in [-0.2, -0.15) is 8.42 Å². The molecule has 0 N–H and O–H groups in total. The number of hydroxylamine groups is 2. The predicted molar refractivity (Wildman–Crippen MR) is 141 cm³/mol. The van der Waals surface area contributed by atoms with E-state index < -0.39 is 21.9 Å². The highest BCUT2D eigenvalue weighted by Gasteiger charge is 2.37. The minimum absolute atomic E-state index is 0.241. The SMILES string of the molecule is CCCCCCCCS(=O)(=O)ON1C(=O)c2cccc3c(SCCOCCOCC)ccc(c23)C1=O. The standard InChI is InChI=1S/C26H35NO7S2/c1-3-5-6-7-8-9-19-36(30,31)34-27-25(28)21-12-10-11-20-23(14-13-22(24(20)21)26(27)29)35-18-17-33-16-15-32-4-2/h10-14H,3-9,15-19H2,1-2H3. The lowest BCUT2D eigenvalue weighted by atomic mass is 9.95. The van der Waals surface area contributed by atoms with Gasteiger partial charge in [-0.25, -0.2) is 0 Å². The lowest BCUT2D eigenvalue weighted by Gasteiger charge is -2.26. The van der Waals surface area contributed by atoms with E-state index in [1.165, 1.54) is 0 Å². The summed E-state index contributed by atoms with van der Waals surface area (Å²) in [6.45, 7) is 6.33. The molecule has 36 heavy (non-hydrogen) atoms. The fourth-order valence-corrected chi connectivity index (χ4v) is 5.93. The molecule has 2 aromatic carbocycles. The Balaban J connectivity index is 1.67. The molecule has 2 aromatic rings. The zero-order valence-electron chi connectivity index (χ0n) is 21.0. The smallest absolute Gasteiger partial charge is 0.288 e. The van der Waals surface area contributed by atoms with Gasteiger partial charge >= 0.3 is 0 Å². The fraction of sp³-hybridized carbons (Fsp3) is 0.538. The first-order valence-corrected chi connectivity index (χ1v) is 15.1. The number of carbonyl (C=O) groups is 2. The molecule has 1 aliphatic rings. The molecule has 3 rings (SSSR count). The van der Waals surface area contributed by atoms with Crippen LogP contribution in [0.1, 0.15) is 73.1 Å². The normalized spacial score (nSPS) is 13.7. The number of imide groups is 1. The number of unbranched alkanes of at least 4 members (excludes halogenated alkanes) is 5. The highest BCUT2D eigenvalue weighted by molar-refractivity contribution is 7.99. The van der Waals surface area contributed by atoms with Crippen LogP contribution in [0.2, 0.25) is 0 Å². The molecule has 1 heterocycles. The molecule has 0 bridgehead atoms. The number of rotatable bonds is 17. The van der Waals surface area contributed by atoms with Crippen LogP contribution in [-0.4, -0.2) is 63.2 Å². The van der Waals surface area contributed by atoms with Crippen molar-refractivity contribution in [1.82, 2.24) is 5.06 Å². The van der Waals surface area contributed by atoms with Gasteiger partial charge in [0.2, 0.25) is 0 Å². The van der Waals surface area contributed by atoms with E-state index in [-0.39, 0.29) is 16.9 Å². The van der Waals surface area contributed by atoms with Crippen molar-refractivity contribution >= 4 is 44.5 Å². The number of nitrogens with zero attached hydrogens (tertiary/aromatic N) is 1. The summed E-state index contributed by atoms with van der Waals surface area (Å²) in [5, 5.41) is 1.67. The molecule has 0 aliphatic carbocycles. The summed E-state index contributed by atoms with van der Waals surface area (Å²) in [7, 11) is -4.09. The summed E-state index contributed by atoms with van der Waals surface area (Å²) in [5.74, 6) is -1.09. The van der Waals surface area contributed by atoms with Crippen LogP contribution in [-0.2, 0) is 23.9 Å². The number of hydrogen-bond donors (Lipinski definition) is 0. The Bertz CT molecular complexity index is 1130. The number of hydrogen-bond acceptors (Lipinski definition) is 8. The Morgan fingerprint density at radius 3 is 2.28 bits per heavy atom. The number of ether oxygens (including phenoxy) is 2. The van der Waals surface area contributed by atoms with Gasteiger partial charge in [-0.1, -0.05) is 51.2 Å². The average Bonchev–Trinajstić information content (AvgIpc) is 2.87. The van der Waals surface area contributed by atoms with Crippen molar-refractivity contribution in [3.8, 4) is 0 Å². The minimum atomic E-state index is -4.09. The summed E-state index contributed by atoms with van der Waals surface area (Å²) in [4.78, 5) is 27.1. The molecule has 10 heteroatoms. The molecule has 0 aromatic heterocycles. The third-order valence-electron chi connectivity index (χ3n) is 5.83. The Morgan fingerprint density at radius 1 is 0.833 bits per heavy atom. The zero-order valence-corrected chi connectivity index (χ0v) is 22.6. The van der Waals surface area contributed by atoms with Gasteiger partial charge in [-0.15, -0.1) is 21.1 Å². The van der Waals surface area contributed by atoms with Crippen LogP contribution in [0.4, 0.5) is 0 Å². The molecule has 0 saturated heterocycles. The number of thioether (sulfide) groups is 1. The first kappa shape index (κ1) is 28.6. The second-order valence-corrected chi connectivity index (χ2v) is 11.3. The van der Waals surface area contributed by atoms with Crippen molar-refractivity contribution in [2.24, 2.45) is 0 Å². The first-order valence-electron chi connectivity index (χ1n) is 12.5. The molecule has 0 fully saturated rings. The second kappa shape index (κ2) is 14.1. The average molecular weight is 538 g/mol. The maximum atomic E-state index is 13.1. The molecule has 0 saturated carbocycles. The fourth-order valence-electron chi connectivity index (χ4n) is 4.03. The van der Waals surface area contributed by atoms with Crippen molar-refractivity contribution in [3.63, 3.8) is 0 Å². The van der Waals surface area contributed by atoms with Crippen LogP contribution in [0, 0.1) is 0 Å². The van der Waals surface area contributed by atoms with E-state index in [9.17, 15) is 18.0 Å². The van der Waals surface area contributed by atoms with E-state index in [4.69, 9.17) is 13.8 Å². The molecule has 198 valence electrons. The summed E-state index contributed by atoms with van der Waals surface area (Å²) >= 11 is 1.57. The van der Waals surface area contributed by atoms with Crippen LogP contribution < -0.4 is 0 Å². The van der Waals surface area contributed by atoms with Gasteiger partial charge < -0.3 is 9.47 Å². The summed E-state index contributed by atoms with van der Waals surface area (Å²) in [5.41, 5.74) is 0.486. The van der Waals surface area contributed by atoms with E-state index >= 15 is 0 Å². The minimum Gasteiger partial charge on any atom is -0.379 e. The summed E-state index contributed by atoms with van der Waals surface area (Å²) in [6, 6.07) is 8.59. The van der Waals surface area contributed by atoms with Gasteiger partial charge in [0, 0.05) is 22.6 Å². The van der Waals surface area contributed by atoms with Crippen molar-refractivity contribution in [2.75, 3.05) is 37.9 Å². The van der Waals surface area contributed by atoms with Gasteiger partial charge in [-0.05, 0) is 36.9 Å². The van der Waals surface area contributed by atoms with E-state index in [0.29, 0.717) is 49.1 Å². The van der Waals surface area contributed by atoms with Crippen LogP contribution in [0.3, 0.4) is 0 Å². The highest BCUT2D eigenvalue weighted by Crippen LogP contribution is 2.36. The molecule has 0 spiro atoms. The van der Waals surface area contributed by atoms with Crippen molar-refractivity contribution < 1.29 is 31.8 Å². The zero-order chi connectivity index (χ0) is 26.0. The lowest BCUT2D eigenvalue weighted by molar-refractivity contribution is -0.0155. The maximum Gasteiger partial charge on any atom is 0.288 e. The Kier molecular flexibility index (Phi) is 11.2. The van der Waals surface area contributed by atoms with Gasteiger partial charge in [0.1, 0.15) is 0 Å². The summed E-state index contributed by atoms with van der Waals surface area (Å²) in [6.07, 6.45) is 5.41. The van der Waals surface area contributed by atoms with Crippen LogP contribution in [0.5, 0.6) is 0 Å². The summed E-state index contributed by atoms with van der Waals surface area (Å²) < 4.78 is 40.9. The molecular formula is C26H35NO7S2. The van der Waals surface area contributed by atoms with Crippen molar-refractivity contribution in [3.05, 3.63) is 41.5 Å².